The maximum absolute atomic E-state index is 12.8. The third-order valence-electron chi connectivity index (χ3n) is 12.2. The topological polar surface area (TPSA) is 78.9 Å². The number of ether oxygens (including phenoxy) is 3. The minimum absolute atomic E-state index is 0.0812. The molecule has 0 saturated carbocycles. The molecule has 0 aliphatic rings. The molecule has 6 nitrogen and oxygen atoms in total. The van der Waals surface area contributed by atoms with E-state index in [0.717, 1.165) is 103 Å². The predicted molar refractivity (Wildman–Crippen MR) is 288 cm³/mol. The average molecular weight is 936 g/mol. The zero-order valence-corrected chi connectivity index (χ0v) is 44.2. The van der Waals surface area contributed by atoms with Gasteiger partial charge in [-0.1, -0.05) is 229 Å². The lowest BCUT2D eigenvalue weighted by molar-refractivity contribution is -0.167. The van der Waals surface area contributed by atoms with Crippen LogP contribution in [0.25, 0.3) is 0 Å². The maximum atomic E-state index is 12.8. The van der Waals surface area contributed by atoms with E-state index in [2.05, 4.69) is 93.7 Å². The molecule has 0 rings (SSSR count). The van der Waals surface area contributed by atoms with Crippen LogP contribution in [0.2, 0.25) is 0 Å². The first-order valence-corrected chi connectivity index (χ1v) is 28.4. The Morgan fingerprint density at radius 3 is 0.970 bits per heavy atom. The number of carbonyl (C=O) groups is 3. The van der Waals surface area contributed by atoms with Crippen molar-refractivity contribution in [1.82, 2.24) is 0 Å². The van der Waals surface area contributed by atoms with E-state index in [9.17, 15) is 14.4 Å². The number of hydrogen-bond acceptors (Lipinski definition) is 6. The van der Waals surface area contributed by atoms with Crippen LogP contribution in [0.4, 0.5) is 0 Å². The van der Waals surface area contributed by atoms with Gasteiger partial charge in [-0.15, -0.1) is 0 Å². The van der Waals surface area contributed by atoms with Gasteiger partial charge in [-0.2, -0.15) is 0 Å². The molecular formula is C61H106O6. The Morgan fingerprint density at radius 1 is 0.313 bits per heavy atom. The Hall–Kier alpha value is -3.15. The highest BCUT2D eigenvalue weighted by atomic mass is 16.6. The predicted octanol–water partition coefficient (Wildman–Crippen LogP) is 19.0. The summed E-state index contributed by atoms with van der Waals surface area (Å²) in [6.45, 7) is 6.47. The molecule has 386 valence electrons. The van der Waals surface area contributed by atoms with Crippen LogP contribution in [0.1, 0.15) is 278 Å². The van der Waals surface area contributed by atoms with Crippen LogP contribution in [-0.2, 0) is 28.6 Å². The summed E-state index contributed by atoms with van der Waals surface area (Å²) in [6, 6.07) is 0. The summed E-state index contributed by atoms with van der Waals surface area (Å²) in [5.41, 5.74) is 0. The summed E-state index contributed by atoms with van der Waals surface area (Å²) < 4.78 is 16.8. The molecule has 0 saturated heterocycles. The molecule has 6 heteroatoms. The summed E-state index contributed by atoms with van der Waals surface area (Å²) in [5, 5.41) is 0. The normalized spacial score (nSPS) is 12.6. The second-order valence-corrected chi connectivity index (χ2v) is 18.8. The van der Waals surface area contributed by atoms with E-state index in [1.165, 1.54) is 135 Å². The van der Waals surface area contributed by atoms with Gasteiger partial charge >= 0.3 is 17.9 Å². The fourth-order valence-corrected chi connectivity index (χ4v) is 7.88. The second-order valence-electron chi connectivity index (χ2n) is 18.8. The van der Waals surface area contributed by atoms with E-state index in [0.29, 0.717) is 19.3 Å². The van der Waals surface area contributed by atoms with E-state index >= 15 is 0 Å². The average Bonchev–Trinajstić information content (AvgIpc) is 3.33. The van der Waals surface area contributed by atoms with E-state index in [1.54, 1.807) is 0 Å². The van der Waals surface area contributed by atoms with Gasteiger partial charge in [0.1, 0.15) is 13.2 Å². The molecule has 0 aliphatic heterocycles. The molecule has 0 amide bonds. The first kappa shape index (κ1) is 63.8. The summed E-state index contributed by atoms with van der Waals surface area (Å²) in [5.74, 6) is -0.896. The van der Waals surface area contributed by atoms with Gasteiger partial charge in [-0.3, -0.25) is 14.4 Å². The maximum Gasteiger partial charge on any atom is 0.306 e. The molecule has 0 N–H and O–H groups in total. The fourth-order valence-electron chi connectivity index (χ4n) is 7.88. The number of unbranched alkanes of at least 4 members (excludes halogenated alkanes) is 28. The lowest BCUT2D eigenvalue weighted by Crippen LogP contribution is -2.30. The van der Waals surface area contributed by atoms with E-state index < -0.39 is 6.10 Å². The summed E-state index contributed by atoms with van der Waals surface area (Å²) >= 11 is 0. The molecule has 0 heterocycles. The largest absolute Gasteiger partial charge is 0.462 e. The van der Waals surface area contributed by atoms with Gasteiger partial charge in [-0.25, -0.2) is 0 Å². The van der Waals surface area contributed by atoms with Crippen LogP contribution < -0.4 is 0 Å². The van der Waals surface area contributed by atoms with Gasteiger partial charge < -0.3 is 14.2 Å². The summed E-state index contributed by atoms with van der Waals surface area (Å²) in [6.07, 6.45) is 70.4. The van der Waals surface area contributed by atoms with Gasteiger partial charge in [0.05, 0.1) is 0 Å². The Kier molecular flexibility index (Phi) is 52.8. The first-order valence-electron chi connectivity index (χ1n) is 28.4. The van der Waals surface area contributed by atoms with Crippen LogP contribution in [0.15, 0.2) is 72.9 Å². The molecule has 0 aromatic rings. The lowest BCUT2D eigenvalue weighted by Gasteiger charge is -2.18. The molecule has 0 radical (unpaired) electrons. The van der Waals surface area contributed by atoms with Gasteiger partial charge in [0.15, 0.2) is 6.10 Å². The molecule has 0 aliphatic carbocycles. The molecule has 0 aromatic carbocycles. The van der Waals surface area contributed by atoms with E-state index in [-0.39, 0.29) is 31.1 Å². The Balaban J connectivity index is 4.24. The lowest BCUT2D eigenvalue weighted by atomic mass is 10.0. The number of allylic oxidation sites excluding steroid dienone is 12. The smallest absolute Gasteiger partial charge is 0.306 e. The minimum Gasteiger partial charge on any atom is -0.462 e. The zero-order valence-electron chi connectivity index (χ0n) is 44.2. The molecule has 67 heavy (non-hydrogen) atoms. The number of carbonyl (C=O) groups excluding carboxylic acids is 3. The van der Waals surface area contributed by atoms with Gasteiger partial charge in [-0.05, 0) is 103 Å². The SMILES string of the molecule is CC/C=C\C/C=C\C/C=C\C/C=C\CCCCCCCCCCCCCCC(=O)OCC(COC(=O)CCCCCCC/C=C\CCCC)OC(=O)CCCCCCC/C=C\CCCCCC. The molecule has 0 aromatic heterocycles. The summed E-state index contributed by atoms with van der Waals surface area (Å²) in [4.78, 5) is 38.0. The molecular weight excluding hydrogens is 829 g/mol. The number of esters is 3. The van der Waals surface area contributed by atoms with Crippen molar-refractivity contribution in [3.05, 3.63) is 72.9 Å². The van der Waals surface area contributed by atoms with Crippen molar-refractivity contribution in [3.63, 3.8) is 0 Å². The standard InChI is InChI=1S/C61H106O6/c1-4-7-10-13-16-19-22-24-25-26-27-28-29-30-31-32-33-34-35-37-39-42-45-48-51-54-60(63)66-57-58(56-65-59(62)53-50-47-44-41-38-21-18-15-12-9-6-3)67-61(64)55-52-49-46-43-40-36-23-20-17-14-11-8-5-2/h7,10,15-16,18-20,23-25,27-28,58H,4-6,8-9,11-14,17,21-22,26,29-57H2,1-3H3/b10-7-,18-15-,19-16-,23-20-,25-24-,28-27-. The van der Waals surface area contributed by atoms with Crippen molar-refractivity contribution in [2.75, 3.05) is 13.2 Å². The number of rotatable bonds is 51. The molecule has 0 fully saturated rings. The summed E-state index contributed by atoms with van der Waals surface area (Å²) in [7, 11) is 0. The zero-order chi connectivity index (χ0) is 48.6. The Morgan fingerprint density at radius 2 is 0.597 bits per heavy atom. The Labute approximate surface area is 414 Å². The van der Waals surface area contributed by atoms with Crippen LogP contribution in [-0.4, -0.2) is 37.2 Å². The Bertz CT molecular complexity index is 1260. The van der Waals surface area contributed by atoms with E-state index in [4.69, 9.17) is 14.2 Å². The van der Waals surface area contributed by atoms with Crippen LogP contribution in [0.5, 0.6) is 0 Å². The van der Waals surface area contributed by atoms with E-state index in [1.807, 2.05) is 0 Å². The van der Waals surface area contributed by atoms with Crippen LogP contribution in [0.3, 0.4) is 0 Å². The highest BCUT2D eigenvalue weighted by molar-refractivity contribution is 5.71. The van der Waals surface area contributed by atoms with Crippen molar-refractivity contribution in [2.45, 2.75) is 284 Å². The van der Waals surface area contributed by atoms with Crippen molar-refractivity contribution >= 4 is 17.9 Å². The monoisotopic (exact) mass is 935 g/mol. The third kappa shape index (κ3) is 53.7. The van der Waals surface area contributed by atoms with Crippen LogP contribution >= 0.6 is 0 Å². The highest BCUT2D eigenvalue weighted by Crippen LogP contribution is 2.15. The first-order chi connectivity index (χ1) is 33.0. The second kappa shape index (κ2) is 55.4. The quantitative estimate of drug-likeness (QED) is 0.0262. The van der Waals surface area contributed by atoms with Crippen molar-refractivity contribution in [2.24, 2.45) is 0 Å². The molecule has 1 atom stereocenters. The molecule has 0 spiro atoms. The highest BCUT2D eigenvalue weighted by Gasteiger charge is 2.19. The molecule has 0 bridgehead atoms. The van der Waals surface area contributed by atoms with Crippen molar-refractivity contribution in [1.29, 1.82) is 0 Å². The van der Waals surface area contributed by atoms with Crippen LogP contribution in [0, 0.1) is 0 Å². The van der Waals surface area contributed by atoms with Gasteiger partial charge in [0.25, 0.3) is 0 Å². The number of hydrogen-bond donors (Lipinski definition) is 0. The van der Waals surface area contributed by atoms with Gasteiger partial charge in [0.2, 0.25) is 0 Å². The third-order valence-corrected chi connectivity index (χ3v) is 12.2. The van der Waals surface area contributed by atoms with Crippen molar-refractivity contribution in [3.8, 4) is 0 Å². The van der Waals surface area contributed by atoms with Crippen molar-refractivity contribution < 1.29 is 28.6 Å². The molecule has 1 unspecified atom stereocenters. The fraction of sp³-hybridized carbons (Fsp3) is 0.754. The minimum atomic E-state index is -0.782. The van der Waals surface area contributed by atoms with Gasteiger partial charge in [0, 0.05) is 19.3 Å².